The van der Waals surface area contributed by atoms with Crippen LogP contribution in [0.15, 0.2) is 53.4 Å². The van der Waals surface area contributed by atoms with Crippen molar-refractivity contribution in [1.82, 2.24) is 0 Å². The molecule has 118 valence electrons. The highest BCUT2D eigenvalue weighted by molar-refractivity contribution is 7.91. The van der Waals surface area contributed by atoms with Crippen LogP contribution in [0.1, 0.15) is 36.1 Å². The van der Waals surface area contributed by atoms with Crippen molar-refractivity contribution in [3.8, 4) is 0 Å². The maximum Gasteiger partial charge on any atom is 0.190 e. The Morgan fingerprint density at radius 2 is 1.45 bits per heavy atom. The van der Waals surface area contributed by atoms with Crippen molar-refractivity contribution in [3.63, 3.8) is 0 Å². The van der Waals surface area contributed by atoms with E-state index in [2.05, 4.69) is 19.6 Å². The topological polar surface area (TPSA) is 61.8 Å². The Morgan fingerprint density at radius 1 is 0.955 bits per heavy atom. The summed E-state index contributed by atoms with van der Waals surface area (Å²) < 4.78 is 25.6. The second-order valence-electron chi connectivity index (χ2n) is 5.60. The summed E-state index contributed by atoms with van der Waals surface area (Å²) in [5, 5.41) is -0.124. The predicted octanol–water partition coefficient (Wildman–Crippen LogP) is 3.22. The van der Waals surface area contributed by atoms with Gasteiger partial charge in [-0.2, -0.15) is 0 Å². The average Bonchev–Trinajstić information content (AvgIpc) is 2.48. The Hall–Kier alpha value is -1.36. The molecule has 0 aromatic heterocycles. The normalized spacial score (nSPS) is 13.3. The summed E-state index contributed by atoms with van der Waals surface area (Å²) in [7, 11) is -3.48. The van der Waals surface area contributed by atoms with Crippen molar-refractivity contribution in [2.45, 2.75) is 29.9 Å². The van der Waals surface area contributed by atoms with Crippen LogP contribution in [-0.4, -0.2) is 15.0 Å². The Labute approximate surface area is 137 Å². The van der Waals surface area contributed by atoms with E-state index in [1.54, 1.807) is 24.3 Å². The molecule has 2 aromatic carbocycles. The van der Waals surface area contributed by atoms with Crippen LogP contribution in [0.4, 0.5) is 0 Å². The number of rotatable bonds is 5. The van der Waals surface area contributed by atoms with Gasteiger partial charge in [-0.15, -0.1) is 0 Å². The smallest absolute Gasteiger partial charge is 0.190 e. The Morgan fingerprint density at radius 3 is 1.91 bits per heavy atom. The van der Waals surface area contributed by atoms with E-state index in [1.165, 1.54) is 5.56 Å². The first kappa shape index (κ1) is 17.0. The number of quaternary nitrogens is 1. The van der Waals surface area contributed by atoms with E-state index in [9.17, 15) is 8.42 Å². The van der Waals surface area contributed by atoms with Gasteiger partial charge in [0, 0.05) is 5.02 Å². The molecule has 0 aliphatic rings. The van der Waals surface area contributed by atoms with Gasteiger partial charge in [-0.05, 0) is 41.3 Å². The summed E-state index contributed by atoms with van der Waals surface area (Å²) in [6, 6.07) is 14.0. The van der Waals surface area contributed by atoms with Gasteiger partial charge in [0.15, 0.2) is 9.84 Å². The summed E-state index contributed by atoms with van der Waals surface area (Å²) in [6.45, 7) is 4.50. The minimum atomic E-state index is -3.48. The number of hydrogen-bond donors (Lipinski definition) is 1. The third kappa shape index (κ3) is 3.51. The van der Waals surface area contributed by atoms with Crippen LogP contribution in [0.2, 0.25) is 5.02 Å². The molecule has 22 heavy (non-hydrogen) atoms. The molecule has 0 amide bonds. The minimum absolute atomic E-state index is 0.276. The van der Waals surface area contributed by atoms with E-state index in [0.717, 1.165) is 5.56 Å². The molecule has 0 fully saturated rings. The molecule has 0 unspecified atom stereocenters. The maximum atomic E-state index is 12.8. The van der Waals surface area contributed by atoms with Crippen LogP contribution in [-0.2, 0) is 9.84 Å². The third-order valence-corrected chi connectivity index (χ3v) is 6.19. The molecule has 0 heterocycles. The molecule has 0 saturated heterocycles. The second-order valence-corrected chi connectivity index (χ2v) is 8.16. The van der Waals surface area contributed by atoms with Crippen molar-refractivity contribution in [3.05, 3.63) is 64.7 Å². The van der Waals surface area contributed by atoms with E-state index >= 15 is 0 Å². The van der Waals surface area contributed by atoms with Gasteiger partial charge in [0.1, 0.15) is 5.25 Å². The number of benzene rings is 2. The van der Waals surface area contributed by atoms with Crippen molar-refractivity contribution in [1.29, 1.82) is 0 Å². The summed E-state index contributed by atoms with van der Waals surface area (Å²) in [6.07, 6.45) is 0. The first-order valence-corrected chi connectivity index (χ1v) is 9.17. The predicted molar refractivity (Wildman–Crippen MR) is 89.7 cm³/mol. The molecule has 0 aliphatic carbocycles. The zero-order valence-electron chi connectivity index (χ0n) is 12.8. The van der Waals surface area contributed by atoms with E-state index in [-0.39, 0.29) is 11.4 Å². The first-order valence-electron chi connectivity index (χ1n) is 7.25. The van der Waals surface area contributed by atoms with Crippen molar-refractivity contribution in [2.75, 3.05) is 6.54 Å². The maximum absolute atomic E-state index is 12.8. The highest BCUT2D eigenvalue weighted by Crippen LogP contribution is 2.29. The summed E-state index contributed by atoms with van der Waals surface area (Å²) in [4.78, 5) is 0.276. The summed E-state index contributed by atoms with van der Waals surface area (Å²) in [5.41, 5.74) is 5.79. The molecule has 1 atom stereocenters. The Bertz CT molecular complexity index is 722. The summed E-state index contributed by atoms with van der Waals surface area (Å²) in [5.74, 6) is 0.417. The van der Waals surface area contributed by atoms with Crippen LogP contribution in [0.3, 0.4) is 0 Å². The molecule has 0 saturated carbocycles. The lowest BCUT2D eigenvalue weighted by Gasteiger charge is -2.16. The van der Waals surface area contributed by atoms with E-state index < -0.39 is 15.1 Å². The fraction of sp³-hybridized carbons (Fsp3) is 0.294. The van der Waals surface area contributed by atoms with Gasteiger partial charge in [0.2, 0.25) is 0 Å². The Balaban J connectivity index is 2.40. The second kappa shape index (κ2) is 6.82. The lowest BCUT2D eigenvalue weighted by atomic mass is 10.0. The first-order chi connectivity index (χ1) is 10.4. The molecule has 0 radical (unpaired) electrons. The van der Waals surface area contributed by atoms with Crippen molar-refractivity contribution < 1.29 is 14.2 Å². The van der Waals surface area contributed by atoms with Gasteiger partial charge in [0.05, 0.1) is 11.4 Å². The molecule has 0 bridgehead atoms. The average molecular weight is 339 g/mol. The summed E-state index contributed by atoms with van der Waals surface area (Å²) >= 11 is 5.83. The zero-order valence-corrected chi connectivity index (χ0v) is 14.4. The molecule has 0 aliphatic heterocycles. The molecule has 3 N–H and O–H groups in total. The van der Waals surface area contributed by atoms with Gasteiger partial charge in [-0.1, -0.05) is 49.7 Å². The number of sulfone groups is 1. The van der Waals surface area contributed by atoms with Crippen LogP contribution >= 0.6 is 11.6 Å². The molecular weight excluding hydrogens is 318 g/mol. The van der Waals surface area contributed by atoms with E-state index in [1.807, 2.05) is 24.3 Å². The fourth-order valence-corrected chi connectivity index (χ4v) is 4.18. The van der Waals surface area contributed by atoms with Crippen LogP contribution < -0.4 is 5.73 Å². The van der Waals surface area contributed by atoms with Gasteiger partial charge in [-0.3, -0.25) is 0 Å². The zero-order chi connectivity index (χ0) is 16.3. The molecule has 3 nitrogen and oxygen atoms in total. The third-order valence-electron chi connectivity index (χ3n) is 3.75. The quantitative estimate of drug-likeness (QED) is 0.909. The minimum Gasteiger partial charge on any atom is -0.356 e. The van der Waals surface area contributed by atoms with Gasteiger partial charge >= 0.3 is 0 Å². The van der Waals surface area contributed by atoms with Crippen LogP contribution in [0, 0.1) is 0 Å². The van der Waals surface area contributed by atoms with E-state index in [0.29, 0.717) is 10.9 Å². The number of halogens is 1. The van der Waals surface area contributed by atoms with Crippen LogP contribution in [0.5, 0.6) is 0 Å². The van der Waals surface area contributed by atoms with Gasteiger partial charge in [0.25, 0.3) is 0 Å². The SMILES string of the molecule is CC(C)c1ccc([C@@H](C[NH3+])S(=O)(=O)c2ccc(Cl)cc2)cc1. The van der Waals surface area contributed by atoms with Crippen molar-refractivity contribution in [2.24, 2.45) is 0 Å². The van der Waals surface area contributed by atoms with Gasteiger partial charge in [-0.25, -0.2) is 8.42 Å². The monoisotopic (exact) mass is 338 g/mol. The molecular formula is C17H21ClNO2S+. The standard InChI is InChI=1S/C17H20ClNO2S/c1-12(2)13-3-5-14(6-4-13)17(11-19)22(20,21)16-9-7-15(18)8-10-16/h3-10,12,17H,11,19H2,1-2H3/p+1/t17-/m1/s1. The van der Waals surface area contributed by atoms with Crippen molar-refractivity contribution >= 4 is 21.4 Å². The molecule has 0 spiro atoms. The van der Waals surface area contributed by atoms with Gasteiger partial charge < -0.3 is 5.73 Å². The number of hydrogen-bond acceptors (Lipinski definition) is 2. The largest absolute Gasteiger partial charge is 0.356 e. The van der Waals surface area contributed by atoms with Crippen LogP contribution in [0.25, 0.3) is 0 Å². The fourth-order valence-electron chi connectivity index (χ4n) is 2.39. The molecule has 2 aromatic rings. The molecule has 5 heteroatoms. The molecule has 2 rings (SSSR count). The lowest BCUT2D eigenvalue weighted by molar-refractivity contribution is -0.367. The highest BCUT2D eigenvalue weighted by Gasteiger charge is 2.29. The highest BCUT2D eigenvalue weighted by atomic mass is 35.5. The Kier molecular flexibility index (Phi) is 5.27. The lowest BCUT2D eigenvalue weighted by Crippen LogP contribution is -2.54. The van der Waals surface area contributed by atoms with E-state index in [4.69, 9.17) is 11.6 Å².